The van der Waals surface area contributed by atoms with Crippen LogP contribution in [-0.4, -0.2) is 31.1 Å². The van der Waals surface area contributed by atoms with Crippen LogP contribution < -0.4 is 10.5 Å². The minimum Gasteiger partial charge on any atom is -0.493 e. The highest BCUT2D eigenvalue weighted by Gasteiger charge is 2.38. The van der Waals surface area contributed by atoms with Gasteiger partial charge in [-0.3, -0.25) is 0 Å². The fourth-order valence-electron chi connectivity index (χ4n) is 3.87. The number of likely N-dealkylation sites (tertiary alicyclic amines) is 1. The summed E-state index contributed by atoms with van der Waals surface area (Å²) in [5.41, 5.74) is 9.81. The van der Waals surface area contributed by atoms with Gasteiger partial charge < -0.3 is 15.4 Å². The molecular weight excluding hydrogens is 298 g/mol. The summed E-state index contributed by atoms with van der Waals surface area (Å²) in [5, 5.41) is 9.15. The predicted molar refractivity (Wildman–Crippen MR) is 93.9 cm³/mol. The van der Waals surface area contributed by atoms with Gasteiger partial charge in [0.1, 0.15) is 5.75 Å². The summed E-state index contributed by atoms with van der Waals surface area (Å²) in [6.45, 7) is 3.94. The van der Waals surface area contributed by atoms with E-state index in [1.807, 2.05) is 30.3 Å². The summed E-state index contributed by atoms with van der Waals surface area (Å²) in [6, 6.07) is 16.2. The van der Waals surface area contributed by atoms with Crippen LogP contribution in [0.3, 0.4) is 0 Å². The Morgan fingerprint density at radius 3 is 2.79 bits per heavy atom. The number of ether oxygens (including phenoxy) is 1. The number of nitrogen functional groups attached to an aromatic ring is 1. The fourth-order valence-corrected chi connectivity index (χ4v) is 3.87. The highest BCUT2D eigenvalue weighted by atomic mass is 16.5. The Morgan fingerprint density at radius 2 is 2.00 bits per heavy atom. The molecule has 0 aromatic heterocycles. The van der Waals surface area contributed by atoms with Crippen LogP contribution >= 0.6 is 0 Å². The normalized spacial score (nSPS) is 22.3. The average molecular weight is 319 g/mol. The van der Waals surface area contributed by atoms with Crippen molar-refractivity contribution in [2.75, 3.05) is 32.0 Å². The van der Waals surface area contributed by atoms with E-state index in [1.165, 1.54) is 11.1 Å². The second kappa shape index (κ2) is 6.18. The number of hydrogen-bond acceptors (Lipinski definition) is 4. The molecule has 4 rings (SSSR count). The quantitative estimate of drug-likeness (QED) is 0.884. The van der Waals surface area contributed by atoms with Gasteiger partial charge in [-0.05, 0) is 42.3 Å². The van der Waals surface area contributed by atoms with Gasteiger partial charge >= 0.3 is 0 Å². The largest absolute Gasteiger partial charge is 0.493 e. The van der Waals surface area contributed by atoms with Gasteiger partial charge in [0.25, 0.3) is 0 Å². The fraction of sp³-hybridized carbons (Fsp3) is 0.350. The van der Waals surface area contributed by atoms with Crippen LogP contribution in [-0.2, 0) is 6.42 Å². The van der Waals surface area contributed by atoms with Gasteiger partial charge in [-0.15, -0.1) is 0 Å². The van der Waals surface area contributed by atoms with E-state index < -0.39 is 0 Å². The van der Waals surface area contributed by atoms with Gasteiger partial charge in [-0.1, -0.05) is 12.1 Å². The maximum atomic E-state index is 9.15. The van der Waals surface area contributed by atoms with Crippen LogP contribution in [0, 0.1) is 17.2 Å². The Kier molecular flexibility index (Phi) is 3.87. The van der Waals surface area contributed by atoms with Crippen molar-refractivity contribution in [2.24, 2.45) is 5.92 Å². The monoisotopic (exact) mass is 319 g/mol. The van der Waals surface area contributed by atoms with Gasteiger partial charge in [0.2, 0.25) is 0 Å². The van der Waals surface area contributed by atoms with Gasteiger partial charge in [-0.2, -0.15) is 5.26 Å². The zero-order valence-corrected chi connectivity index (χ0v) is 13.6. The maximum Gasteiger partial charge on any atom is 0.122 e. The van der Waals surface area contributed by atoms with Crippen LogP contribution in [0.25, 0.3) is 0 Å². The van der Waals surface area contributed by atoms with E-state index in [-0.39, 0.29) is 0 Å². The highest BCUT2D eigenvalue weighted by Crippen LogP contribution is 2.41. The molecule has 2 aromatic rings. The Labute approximate surface area is 142 Å². The summed E-state index contributed by atoms with van der Waals surface area (Å²) in [5.74, 6) is 1.96. The molecule has 2 aromatic carbocycles. The lowest BCUT2D eigenvalue weighted by molar-refractivity contribution is 0.213. The lowest BCUT2D eigenvalue weighted by Crippen LogP contribution is -2.25. The minimum absolute atomic E-state index is 0.480. The van der Waals surface area contributed by atoms with E-state index >= 15 is 0 Å². The molecule has 0 bridgehead atoms. The first-order valence-corrected chi connectivity index (χ1v) is 8.46. The van der Waals surface area contributed by atoms with Crippen LogP contribution in [0.5, 0.6) is 5.75 Å². The molecule has 1 saturated heterocycles. The van der Waals surface area contributed by atoms with Crippen molar-refractivity contribution in [1.82, 2.24) is 4.90 Å². The molecule has 2 N–H and O–H groups in total. The second-order valence-electron chi connectivity index (χ2n) is 6.79. The zero-order chi connectivity index (χ0) is 16.5. The molecule has 4 heteroatoms. The number of nitrogens with two attached hydrogens (primary N) is 1. The number of rotatable bonds is 3. The predicted octanol–water partition coefficient (Wildman–Crippen LogP) is 2.79. The second-order valence-corrected chi connectivity index (χ2v) is 6.79. The van der Waals surface area contributed by atoms with E-state index in [0.717, 1.165) is 49.7 Å². The van der Waals surface area contributed by atoms with Crippen LogP contribution in [0.15, 0.2) is 42.5 Å². The molecule has 2 aliphatic rings. The molecule has 0 amide bonds. The molecule has 2 heterocycles. The van der Waals surface area contributed by atoms with Gasteiger partial charge in [0.05, 0.1) is 18.2 Å². The number of hydrogen-bond donors (Lipinski definition) is 1. The van der Waals surface area contributed by atoms with Crippen LogP contribution in [0.4, 0.5) is 5.69 Å². The summed E-state index contributed by atoms with van der Waals surface area (Å²) < 4.78 is 5.91. The van der Waals surface area contributed by atoms with Crippen molar-refractivity contribution < 1.29 is 4.74 Å². The molecule has 2 aliphatic heterocycles. The summed E-state index contributed by atoms with van der Waals surface area (Å²) in [4.78, 5) is 2.52. The number of benzene rings is 2. The van der Waals surface area contributed by atoms with E-state index in [0.29, 0.717) is 11.8 Å². The summed E-state index contributed by atoms with van der Waals surface area (Å²) >= 11 is 0. The van der Waals surface area contributed by atoms with Crippen LogP contribution in [0.1, 0.15) is 22.6 Å². The molecule has 0 radical (unpaired) electrons. The van der Waals surface area contributed by atoms with Gasteiger partial charge in [0.15, 0.2) is 0 Å². The first-order valence-electron chi connectivity index (χ1n) is 8.46. The minimum atomic E-state index is 0.480. The van der Waals surface area contributed by atoms with Crippen molar-refractivity contribution in [2.45, 2.75) is 12.3 Å². The SMILES string of the molecule is N#Cc1ccc2c(c1)C1CN(CCc3ccc(N)cc3)CC1CO2. The van der Waals surface area contributed by atoms with E-state index in [2.05, 4.69) is 23.1 Å². The molecule has 0 spiro atoms. The third-order valence-corrected chi connectivity index (χ3v) is 5.20. The molecular formula is C20H21N3O. The van der Waals surface area contributed by atoms with Crippen molar-refractivity contribution in [1.29, 1.82) is 5.26 Å². The van der Waals surface area contributed by atoms with Gasteiger partial charge in [0, 0.05) is 42.7 Å². The number of nitriles is 1. The maximum absolute atomic E-state index is 9.15. The zero-order valence-electron chi connectivity index (χ0n) is 13.6. The van der Waals surface area contributed by atoms with E-state index in [4.69, 9.17) is 15.7 Å². The molecule has 24 heavy (non-hydrogen) atoms. The summed E-state index contributed by atoms with van der Waals surface area (Å²) in [7, 11) is 0. The van der Waals surface area contributed by atoms with Crippen LogP contribution in [0.2, 0.25) is 0 Å². The molecule has 2 atom stereocenters. The van der Waals surface area contributed by atoms with Crippen molar-refractivity contribution >= 4 is 5.69 Å². The Balaban J connectivity index is 1.45. The third kappa shape index (κ3) is 2.83. The molecule has 0 saturated carbocycles. The lowest BCUT2D eigenvalue weighted by Gasteiger charge is -2.27. The topological polar surface area (TPSA) is 62.3 Å². The standard InChI is InChI=1S/C20H21N3O/c21-10-15-3-6-20-18(9-15)19-12-23(11-16(19)13-24-20)8-7-14-1-4-17(22)5-2-14/h1-6,9,16,19H,7-8,11-13,22H2. The molecule has 122 valence electrons. The van der Waals surface area contributed by atoms with Crippen molar-refractivity contribution in [3.8, 4) is 11.8 Å². The Bertz CT molecular complexity index is 778. The summed E-state index contributed by atoms with van der Waals surface area (Å²) in [6.07, 6.45) is 1.03. The van der Waals surface area contributed by atoms with E-state index in [1.54, 1.807) is 0 Å². The Morgan fingerprint density at radius 1 is 1.17 bits per heavy atom. The smallest absolute Gasteiger partial charge is 0.122 e. The van der Waals surface area contributed by atoms with E-state index in [9.17, 15) is 0 Å². The molecule has 0 aliphatic carbocycles. The lowest BCUT2D eigenvalue weighted by atomic mass is 9.86. The van der Waals surface area contributed by atoms with Gasteiger partial charge in [-0.25, -0.2) is 0 Å². The number of nitrogens with zero attached hydrogens (tertiary/aromatic N) is 2. The average Bonchev–Trinajstić information content (AvgIpc) is 3.04. The molecule has 1 fully saturated rings. The van der Waals surface area contributed by atoms with Crippen molar-refractivity contribution in [3.05, 3.63) is 59.2 Å². The van der Waals surface area contributed by atoms with Crippen molar-refractivity contribution in [3.63, 3.8) is 0 Å². The third-order valence-electron chi connectivity index (χ3n) is 5.20. The first-order chi connectivity index (χ1) is 11.7. The Hall–Kier alpha value is -2.51. The number of anilines is 1. The highest BCUT2D eigenvalue weighted by molar-refractivity contribution is 5.46. The first kappa shape index (κ1) is 15.0. The molecule has 4 nitrogen and oxygen atoms in total. The number of fused-ring (bicyclic) bond motifs is 3. The molecule has 2 unspecified atom stereocenters.